The lowest BCUT2D eigenvalue weighted by molar-refractivity contribution is -0.136. The third-order valence-corrected chi connectivity index (χ3v) is 4.95. The summed E-state index contributed by atoms with van der Waals surface area (Å²) in [6.07, 6.45) is 12.5. The second-order valence-corrected chi connectivity index (χ2v) is 7.77. The van der Waals surface area contributed by atoms with Crippen molar-refractivity contribution in [1.82, 2.24) is 5.32 Å². The van der Waals surface area contributed by atoms with E-state index in [0.29, 0.717) is 12.2 Å². The van der Waals surface area contributed by atoms with E-state index in [1.54, 1.807) is 6.07 Å². The van der Waals surface area contributed by atoms with Gasteiger partial charge in [0, 0.05) is 16.7 Å². The molecule has 1 aromatic rings. The van der Waals surface area contributed by atoms with E-state index in [9.17, 15) is 9.59 Å². The van der Waals surface area contributed by atoms with Crippen LogP contribution in [-0.4, -0.2) is 18.4 Å². The van der Waals surface area contributed by atoms with Crippen LogP contribution in [0.2, 0.25) is 0 Å². The smallest absolute Gasteiger partial charge is 0.313 e. The van der Waals surface area contributed by atoms with Crippen molar-refractivity contribution in [3.63, 3.8) is 0 Å². The molecule has 0 aliphatic rings. The van der Waals surface area contributed by atoms with Crippen molar-refractivity contribution in [3.05, 3.63) is 28.2 Å². The van der Waals surface area contributed by atoms with Crippen molar-refractivity contribution in [3.8, 4) is 0 Å². The van der Waals surface area contributed by atoms with Gasteiger partial charge in [0.25, 0.3) is 0 Å². The molecule has 0 aliphatic carbocycles. The molecule has 0 saturated heterocycles. The molecular formula is C21H33BrN2O2. The highest BCUT2D eigenvalue weighted by molar-refractivity contribution is 9.10. The van der Waals surface area contributed by atoms with Gasteiger partial charge in [-0.3, -0.25) is 9.59 Å². The number of aryl methyl sites for hydroxylation is 1. The number of rotatable bonds is 12. The van der Waals surface area contributed by atoms with Gasteiger partial charge in [-0.1, -0.05) is 80.6 Å². The molecule has 0 spiro atoms. The van der Waals surface area contributed by atoms with Crippen molar-refractivity contribution >= 4 is 33.4 Å². The number of unbranched alkanes of at least 4 members (excludes halogenated alkanes) is 9. The van der Waals surface area contributed by atoms with Gasteiger partial charge in [-0.2, -0.15) is 0 Å². The predicted molar refractivity (Wildman–Crippen MR) is 112 cm³/mol. The van der Waals surface area contributed by atoms with Crippen LogP contribution in [0.15, 0.2) is 22.7 Å². The molecular weight excluding hydrogens is 392 g/mol. The molecule has 0 fully saturated rings. The van der Waals surface area contributed by atoms with Crippen molar-refractivity contribution in [2.45, 2.75) is 78.1 Å². The van der Waals surface area contributed by atoms with E-state index < -0.39 is 11.8 Å². The molecule has 26 heavy (non-hydrogen) atoms. The van der Waals surface area contributed by atoms with Gasteiger partial charge in [0.1, 0.15) is 0 Å². The van der Waals surface area contributed by atoms with Crippen LogP contribution >= 0.6 is 15.9 Å². The summed E-state index contributed by atoms with van der Waals surface area (Å²) < 4.78 is 0.943. The summed E-state index contributed by atoms with van der Waals surface area (Å²) in [5.74, 6) is -1.18. The molecule has 1 rings (SSSR count). The summed E-state index contributed by atoms with van der Waals surface area (Å²) in [6, 6.07) is 5.52. The van der Waals surface area contributed by atoms with Crippen LogP contribution in [0.3, 0.4) is 0 Å². The molecule has 5 heteroatoms. The van der Waals surface area contributed by atoms with Crippen LogP contribution in [0, 0.1) is 6.92 Å². The molecule has 0 radical (unpaired) electrons. The Morgan fingerprint density at radius 3 is 2.04 bits per heavy atom. The molecule has 2 amide bonds. The maximum Gasteiger partial charge on any atom is 0.313 e. The van der Waals surface area contributed by atoms with Gasteiger partial charge in [-0.15, -0.1) is 0 Å². The zero-order valence-corrected chi connectivity index (χ0v) is 17.8. The maximum atomic E-state index is 11.9. The summed E-state index contributed by atoms with van der Waals surface area (Å²) in [7, 11) is 0. The highest BCUT2D eigenvalue weighted by atomic mass is 79.9. The van der Waals surface area contributed by atoms with Crippen LogP contribution in [0.25, 0.3) is 0 Å². The Morgan fingerprint density at radius 1 is 0.885 bits per heavy atom. The van der Waals surface area contributed by atoms with E-state index in [-0.39, 0.29) is 0 Å². The van der Waals surface area contributed by atoms with Gasteiger partial charge < -0.3 is 10.6 Å². The number of benzene rings is 1. The summed E-state index contributed by atoms with van der Waals surface area (Å²) in [6.45, 7) is 4.69. The van der Waals surface area contributed by atoms with Gasteiger partial charge in [0.2, 0.25) is 0 Å². The largest absolute Gasteiger partial charge is 0.348 e. The van der Waals surface area contributed by atoms with Crippen LogP contribution in [0.5, 0.6) is 0 Å². The number of hydrogen-bond donors (Lipinski definition) is 2. The van der Waals surface area contributed by atoms with Gasteiger partial charge in [-0.05, 0) is 37.1 Å². The Morgan fingerprint density at radius 2 is 1.46 bits per heavy atom. The second-order valence-electron chi connectivity index (χ2n) is 6.85. The van der Waals surface area contributed by atoms with Crippen LogP contribution in [0.4, 0.5) is 5.69 Å². The Hall–Kier alpha value is -1.36. The van der Waals surface area contributed by atoms with Crippen molar-refractivity contribution in [2.75, 3.05) is 11.9 Å². The van der Waals surface area contributed by atoms with Crippen LogP contribution < -0.4 is 10.6 Å². The molecule has 0 aromatic heterocycles. The third kappa shape index (κ3) is 9.95. The SMILES string of the molecule is CCCCCCCCCCCCNC(=O)C(=O)Nc1ccc(Br)cc1C. The number of anilines is 1. The lowest BCUT2D eigenvalue weighted by Gasteiger charge is -2.09. The molecule has 0 saturated carbocycles. The number of carbonyl (C=O) groups is 2. The Bertz CT molecular complexity index is 561. The Labute approximate surface area is 166 Å². The number of carbonyl (C=O) groups excluding carboxylic acids is 2. The van der Waals surface area contributed by atoms with Crippen LogP contribution in [-0.2, 0) is 9.59 Å². The minimum absolute atomic E-state index is 0.558. The van der Waals surface area contributed by atoms with Gasteiger partial charge in [-0.25, -0.2) is 0 Å². The molecule has 0 bridgehead atoms. The Kier molecular flexibility index (Phi) is 12.0. The fourth-order valence-electron chi connectivity index (χ4n) is 2.84. The first-order valence-corrected chi connectivity index (χ1v) is 10.7. The van der Waals surface area contributed by atoms with Gasteiger partial charge >= 0.3 is 11.8 Å². The van der Waals surface area contributed by atoms with E-state index in [0.717, 1.165) is 22.9 Å². The third-order valence-electron chi connectivity index (χ3n) is 4.46. The normalized spacial score (nSPS) is 10.6. The predicted octanol–water partition coefficient (Wildman–Crippen LogP) is 5.73. The molecule has 0 unspecified atom stereocenters. The first kappa shape index (κ1) is 22.7. The summed E-state index contributed by atoms with van der Waals surface area (Å²) in [5, 5.41) is 5.35. The first-order valence-electron chi connectivity index (χ1n) is 9.90. The zero-order valence-electron chi connectivity index (χ0n) is 16.2. The monoisotopic (exact) mass is 424 g/mol. The van der Waals surface area contributed by atoms with Gasteiger partial charge in [0.05, 0.1) is 0 Å². The highest BCUT2D eigenvalue weighted by Crippen LogP contribution is 2.19. The van der Waals surface area contributed by atoms with E-state index in [1.807, 2.05) is 19.1 Å². The van der Waals surface area contributed by atoms with Crippen molar-refractivity contribution < 1.29 is 9.59 Å². The summed E-state index contributed by atoms with van der Waals surface area (Å²) >= 11 is 3.38. The zero-order chi connectivity index (χ0) is 19.2. The van der Waals surface area contributed by atoms with Crippen molar-refractivity contribution in [1.29, 1.82) is 0 Å². The van der Waals surface area contributed by atoms with E-state index in [4.69, 9.17) is 0 Å². The highest BCUT2D eigenvalue weighted by Gasteiger charge is 2.13. The molecule has 2 N–H and O–H groups in total. The maximum absolute atomic E-state index is 11.9. The number of halogens is 1. The lowest BCUT2D eigenvalue weighted by atomic mass is 10.1. The number of amides is 2. The number of nitrogens with one attached hydrogen (secondary N) is 2. The molecule has 146 valence electrons. The topological polar surface area (TPSA) is 58.2 Å². The average Bonchev–Trinajstić information content (AvgIpc) is 2.61. The first-order chi connectivity index (χ1) is 12.5. The second kappa shape index (κ2) is 13.8. The van der Waals surface area contributed by atoms with E-state index >= 15 is 0 Å². The molecule has 4 nitrogen and oxygen atoms in total. The van der Waals surface area contributed by atoms with Gasteiger partial charge in [0.15, 0.2) is 0 Å². The lowest BCUT2D eigenvalue weighted by Crippen LogP contribution is -2.36. The Balaban J connectivity index is 2.06. The molecule has 0 atom stereocenters. The van der Waals surface area contributed by atoms with Crippen molar-refractivity contribution in [2.24, 2.45) is 0 Å². The fraction of sp³-hybridized carbons (Fsp3) is 0.619. The molecule has 0 aliphatic heterocycles. The summed E-state index contributed by atoms with van der Waals surface area (Å²) in [5.41, 5.74) is 1.57. The quantitative estimate of drug-likeness (QED) is 0.332. The fourth-order valence-corrected chi connectivity index (χ4v) is 3.32. The standard InChI is InChI=1S/C21H33BrN2O2/c1-3-4-5-6-7-8-9-10-11-12-15-23-20(25)21(26)24-19-14-13-18(22)16-17(19)2/h13-14,16H,3-12,15H2,1-2H3,(H,23,25)(H,24,26). The molecule has 0 heterocycles. The number of hydrogen-bond acceptors (Lipinski definition) is 2. The average molecular weight is 425 g/mol. The summed E-state index contributed by atoms with van der Waals surface area (Å²) in [4.78, 5) is 23.8. The molecule has 1 aromatic carbocycles. The van der Waals surface area contributed by atoms with E-state index in [2.05, 4.69) is 33.5 Å². The van der Waals surface area contributed by atoms with E-state index in [1.165, 1.54) is 51.4 Å². The minimum atomic E-state index is -0.609. The van der Waals surface area contributed by atoms with Crippen LogP contribution in [0.1, 0.15) is 76.7 Å². The minimum Gasteiger partial charge on any atom is -0.348 e.